The van der Waals surface area contributed by atoms with Crippen LogP contribution in [-0.4, -0.2) is 15.4 Å². The Morgan fingerprint density at radius 2 is 1.87 bits per heavy atom. The van der Waals surface area contributed by atoms with Gasteiger partial charge in [-0.3, -0.25) is 4.79 Å². The van der Waals surface area contributed by atoms with Crippen LogP contribution in [0.1, 0.15) is 22.6 Å². The van der Waals surface area contributed by atoms with E-state index in [2.05, 4.69) is 15.4 Å². The molecule has 0 aliphatic rings. The topological polar surface area (TPSA) is 71.8 Å². The molecule has 3 rings (SSSR count). The molecule has 0 atom stereocenters. The summed E-state index contributed by atoms with van der Waals surface area (Å²) >= 11 is 0. The molecule has 1 N–H and O–H groups in total. The minimum atomic E-state index is -4.37. The summed E-state index contributed by atoms with van der Waals surface area (Å²) in [6.45, 7) is 1.69. The Morgan fingerprint density at radius 3 is 2.52 bits per heavy atom. The summed E-state index contributed by atoms with van der Waals surface area (Å²) in [4.78, 5) is 11.6. The zero-order valence-electron chi connectivity index (χ0n) is 11.8. The van der Waals surface area contributed by atoms with Gasteiger partial charge in [0, 0.05) is 0 Å². The molecule has 0 aliphatic carbocycles. The Bertz CT molecular complexity index is 937. The van der Waals surface area contributed by atoms with E-state index in [1.165, 1.54) is 18.2 Å². The summed E-state index contributed by atoms with van der Waals surface area (Å²) < 4.78 is 42.6. The molecule has 0 spiro atoms. The number of alkyl halides is 3. The van der Waals surface area contributed by atoms with Gasteiger partial charge in [0.15, 0.2) is 11.3 Å². The average Bonchev–Trinajstić information content (AvgIpc) is 2.94. The molecule has 0 fully saturated rings. The number of H-pyrrole nitrogens is 1. The van der Waals surface area contributed by atoms with E-state index in [0.717, 1.165) is 12.1 Å². The van der Waals surface area contributed by atoms with E-state index < -0.39 is 17.3 Å². The molecule has 23 heavy (non-hydrogen) atoms. The molecule has 0 unspecified atom stereocenters. The van der Waals surface area contributed by atoms with Crippen LogP contribution in [0.25, 0.3) is 23.1 Å². The molecule has 118 valence electrons. The normalized spacial score (nSPS) is 12.3. The maximum atomic E-state index is 12.5. The number of fused-ring (bicyclic) bond motifs is 1. The molecule has 8 heteroatoms. The van der Waals surface area contributed by atoms with Crippen molar-refractivity contribution in [2.45, 2.75) is 13.1 Å². The molecule has 0 saturated carbocycles. The van der Waals surface area contributed by atoms with E-state index >= 15 is 0 Å². The molecule has 0 radical (unpaired) electrons. The third-order valence-corrected chi connectivity index (χ3v) is 3.29. The lowest BCUT2D eigenvalue weighted by Gasteiger charge is -2.05. The Labute approximate surface area is 127 Å². The van der Waals surface area contributed by atoms with Gasteiger partial charge in [-0.1, -0.05) is 23.4 Å². The highest BCUT2D eigenvalue weighted by atomic mass is 19.4. The molecule has 1 aromatic carbocycles. The smallest absolute Gasteiger partial charge is 0.355 e. The molecule has 0 saturated heterocycles. The van der Waals surface area contributed by atoms with Crippen LogP contribution in [-0.2, 0) is 6.18 Å². The first-order valence-electron chi connectivity index (χ1n) is 6.56. The van der Waals surface area contributed by atoms with Crippen LogP contribution in [0.3, 0.4) is 0 Å². The van der Waals surface area contributed by atoms with Gasteiger partial charge >= 0.3 is 6.18 Å². The minimum Gasteiger partial charge on any atom is -0.355 e. The Balaban J connectivity index is 1.95. The number of hydrogen-bond acceptors (Lipinski definition) is 4. The minimum absolute atomic E-state index is 0.129. The number of hydrogen-bond donors (Lipinski definition) is 1. The molecule has 0 aliphatic heterocycles. The SMILES string of the molecule is Cc1n[nH]c(=O)c2noc(C=Cc3ccc(C(F)(F)F)cc3)c12. The quantitative estimate of drug-likeness (QED) is 0.785. The van der Waals surface area contributed by atoms with Crippen LogP contribution in [0.5, 0.6) is 0 Å². The van der Waals surface area contributed by atoms with Gasteiger partial charge in [-0.15, -0.1) is 0 Å². The molecule has 2 heterocycles. The van der Waals surface area contributed by atoms with Crippen molar-refractivity contribution >= 4 is 23.1 Å². The van der Waals surface area contributed by atoms with Crippen molar-refractivity contribution in [1.82, 2.24) is 15.4 Å². The molecule has 3 aromatic rings. The largest absolute Gasteiger partial charge is 0.416 e. The summed E-state index contributed by atoms with van der Waals surface area (Å²) in [5.41, 5.74) is 0.0327. The summed E-state index contributed by atoms with van der Waals surface area (Å²) in [7, 11) is 0. The number of halogens is 3. The molecule has 2 aromatic heterocycles. The third kappa shape index (κ3) is 2.87. The molecule has 0 bridgehead atoms. The van der Waals surface area contributed by atoms with Crippen molar-refractivity contribution in [2.24, 2.45) is 0 Å². The first-order chi connectivity index (χ1) is 10.9. The van der Waals surface area contributed by atoms with Gasteiger partial charge in [-0.2, -0.15) is 18.3 Å². The zero-order chi connectivity index (χ0) is 16.6. The first kappa shape index (κ1) is 15.0. The van der Waals surface area contributed by atoms with Crippen LogP contribution >= 0.6 is 0 Å². The third-order valence-electron chi connectivity index (χ3n) is 3.29. The molecule has 5 nitrogen and oxygen atoms in total. The monoisotopic (exact) mass is 321 g/mol. The van der Waals surface area contributed by atoms with Crippen molar-refractivity contribution in [3.63, 3.8) is 0 Å². The second kappa shape index (κ2) is 5.38. The predicted molar refractivity (Wildman–Crippen MR) is 77.5 cm³/mol. The Hall–Kier alpha value is -2.90. The summed E-state index contributed by atoms with van der Waals surface area (Å²) in [6, 6.07) is 4.68. The second-order valence-electron chi connectivity index (χ2n) is 4.86. The van der Waals surface area contributed by atoms with Crippen LogP contribution in [0.4, 0.5) is 13.2 Å². The first-order valence-corrected chi connectivity index (χ1v) is 6.56. The summed E-state index contributed by atoms with van der Waals surface area (Å²) in [5.74, 6) is 0.316. The number of nitrogens with one attached hydrogen (secondary N) is 1. The second-order valence-corrected chi connectivity index (χ2v) is 4.86. The number of aromatic amines is 1. The average molecular weight is 321 g/mol. The molecular formula is C15H10F3N3O2. The lowest BCUT2D eigenvalue weighted by molar-refractivity contribution is -0.137. The zero-order valence-corrected chi connectivity index (χ0v) is 11.8. The van der Waals surface area contributed by atoms with Gasteiger partial charge in [-0.25, -0.2) is 5.10 Å². The molecular weight excluding hydrogens is 311 g/mol. The van der Waals surface area contributed by atoms with E-state index in [4.69, 9.17) is 4.52 Å². The fraction of sp³-hybridized carbons (Fsp3) is 0.133. The van der Waals surface area contributed by atoms with Crippen molar-refractivity contribution in [1.29, 1.82) is 0 Å². The highest BCUT2D eigenvalue weighted by Gasteiger charge is 2.29. The van der Waals surface area contributed by atoms with Crippen molar-refractivity contribution in [3.05, 3.63) is 57.2 Å². The van der Waals surface area contributed by atoms with Crippen molar-refractivity contribution in [2.75, 3.05) is 0 Å². The van der Waals surface area contributed by atoms with Gasteiger partial charge in [0.1, 0.15) is 0 Å². The fourth-order valence-corrected chi connectivity index (χ4v) is 2.12. The number of aromatic nitrogens is 3. The number of rotatable bonds is 2. The van der Waals surface area contributed by atoms with E-state index in [-0.39, 0.29) is 5.52 Å². The lowest BCUT2D eigenvalue weighted by atomic mass is 10.1. The standard InChI is InChI=1S/C15H10F3N3O2/c1-8-12-11(23-21-13(12)14(22)20-19-8)7-4-9-2-5-10(6-3-9)15(16,17)18/h2-7H,1H3,(H,20,22). The van der Waals surface area contributed by atoms with Crippen LogP contribution in [0, 0.1) is 6.92 Å². The van der Waals surface area contributed by atoms with Crippen molar-refractivity contribution in [3.8, 4) is 0 Å². The van der Waals surface area contributed by atoms with Gasteiger partial charge in [0.05, 0.1) is 16.6 Å². The van der Waals surface area contributed by atoms with Gasteiger partial charge in [-0.05, 0) is 30.7 Å². The highest BCUT2D eigenvalue weighted by molar-refractivity contribution is 5.89. The summed E-state index contributed by atoms with van der Waals surface area (Å²) in [5, 5.41) is 10.3. The van der Waals surface area contributed by atoms with E-state index in [0.29, 0.717) is 22.4 Å². The van der Waals surface area contributed by atoms with E-state index in [1.54, 1.807) is 13.0 Å². The number of benzene rings is 1. The van der Waals surface area contributed by atoms with Crippen LogP contribution in [0.2, 0.25) is 0 Å². The Morgan fingerprint density at radius 1 is 1.17 bits per heavy atom. The van der Waals surface area contributed by atoms with Gasteiger partial charge in [0.25, 0.3) is 5.56 Å². The highest BCUT2D eigenvalue weighted by Crippen LogP contribution is 2.29. The van der Waals surface area contributed by atoms with Crippen LogP contribution < -0.4 is 5.56 Å². The number of aryl methyl sites for hydroxylation is 1. The predicted octanol–water partition coefficient (Wildman–Crippen LogP) is 3.41. The molecule has 0 amide bonds. The van der Waals surface area contributed by atoms with Crippen LogP contribution in [0.15, 0.2) is 33.6 Å². The van der Waals surface area contributed by atoms with Crippen molar-refractivity contribution < 1.29 is 17.7 Å². The fourth-order valence-electron chi connectivity index (χ4n) is 2.12. The van der Waals surface area contributed by atoms with Gasteiger partial charge < -0.3 is 4.52 Å². The maximum absolute atomic E-state index is 12.5. The number of nitrogens with zero attached hydrogens (tertiary/aromatic N) is 2. The summed E-state index contributed by atoms with van der Waals surface area (Å²) in [6.07, 6.45) is -1.26. The van der Waals surface area contributed by atoms with E-state index in [1.807, 2.05) is 0 Å². The van der Waals surface area contributed by atoms with E-state index in [9.17, 15) is 18.0 Å². The lowest BCUT2D eigenvalue weighted by Crippen LogP contribution is -2.09. The maximum Gasteiger partial charge on any atom is 0.416 e. The van der Waals surface area contributed by atoms with Gasteiger partial charge in [0.2, 0.25) is 0 Å². The Kier molecular flexibility index (Phi) is 3.51.